The standard InChI is InChI=1S/C21H29NO3/c1-12-10-22-11-14-3-4-16(24)18-13(6-8-23)5-7-21(18)19(25)15(12)9-17(22)20(14,21)2/h12,14-15,17,23H,3-11H2,1-2H3/t12-,14-,15-,17-,20-,21+/m1/s1. The molecular formula is C21H29NO3. The molecule has 2 heterocycles. The second kappa shape index (κ2) is 5.04. The third-order valence-corrected chi connectivity index (χ3v) is 8.79. The highest BCUT2D eigenvalue weighted by Gasteiger charge is 2.73. The third-order valence-electron chi connectivity index (χ3n) is 8.79. The van der Waals surface area contributed by atoms with Gasteiger partial charge in [-0.2, -0.15) is 0 Å². The molecule has 5 rings (SSSR count). The van der Waals surface area contributed by atoms with Crippen molar-refractivity contribution < 1.29 is 14.7 Å². The van der Waals surface area contributed by atoms with Crippen molar-refractivity contribution in [1.82, 2.24) is 4.90 Å². The van der Waals surface area contributed by atoms with Crippen LogP contribution in [-0.4, -0.2) is 47.3 Å². The molecule has 25 heavy (non-hydrogen) atoms. The molecule has 0 unspecified atom stereocenters. The molecule has 6 atom stereocenters. The molecule has 0 aromatic heterocycles. The van der Waals surface area contributed by atoms with Crippen LogP contribution in [0.1, 0.15) is 52.4 Å². The van der Waals surface area contributed by atoms with E-state index in [1.807, 2.05) is 0 Å². The lowest BCUT2D eigenvalue weighted by atomic mass is 9.45. The zero-order chi connectivity index (χ0) is 17.6. The van der Waals surface area contributed by atoms with Gasteiger partial charge >= 0.3 is 0 Å². The van der Waals surface area contributed by atoms with Gasteiger partial charge in [0.1, 0.15) is 5.78 Å². The minimum Gasteiger partial charge on any atom is -0.396 e. The van der Waals surface area contributed by atoms with Gasteiger partial charge in [0.25, 0.3) is 0 Å². The van der Waals surface area contributed by atoms with Gasteiger partial charge in [-0.1, -0.05) is 19.4 Å². The quantitative estimate of drug-likeness (QED) is 0.836. The summed E-state index contributed by atoms with van der Waals surface area (Å²) in [4.78, 5) is 29.8. The van der Waals surface area contributed by atoms with E-state index < -0.39 is 5.41 Å². The van der Waals surface area contributed by atoms with Crippen molar-refractivity contribution >= 4 is 11.6 Å². The average Bonchev–Trinajstić information content (AvgIpc) is 3.06. The molecule has 0 aromatic rings. The Bertz CT molecular complexity index is 697. The minimum absolute atomic E-state index is 0.0753. The molecule has 4 heteroatoms. The molecular weight excluding hydrogens is 314 g/mol. The zero-order valence-electron chi connectivity index (χ0n) is 15.4. The highest BCUT2D eigenvalue weighted by molar-refractivity contribution is 6.08. The van der Waals surface area contributed by atoms with E-state index in [1.165, 1.54) is 0 Å². The third kappa shape index (κ3) is 1.67. The molecule has 2 saturated heterocycles. The monoisotopic (exact) mass is 343 g/mol. The predicted molar refractivity (Wildman–Crippen MR) is 93.9 cm³/mol. The molecule has 0 radical (unpaired) electrons. The lowest BCUT2D eigenvalue weighted by molar-refractivity contribution is -0.157. The summed E-state index contributed by atoms with van der Waals surface area (Å²) in [6.07, 6.45) is 4.69. The van der Waals surface area contributed by atoms with Crippen LogP contribution in [0.15, 0.2) is 11.1 Å². The van der Waals surface area contributed by atoms with Crippen LogP contribution in [0.5, 0.6) is 0 Å². The number of carbonyl (C=O) groups is 2. The van der Waals surface area contributed by atoms with Crippen molar-refractivity contribution in [3.05, 3.63) is 11.1 Å². The van der Waals surface area contributed by atoms with Gasteiger partial charge in [-0.25, -0.2) is 0 Å². The highest BCUT2D eigenvalue weighted by atomic mass is 16.3. The Morgan fingerprint density at radius 1 is 1.24 bits per heavy atom. The summed E-state index contributed by atoms with van der Waals surface area (Å²) in [6.45, 7) is 6.74. The zero-order valence-corrected chi connectivity index (χ0v) is 15.4. The molecule has 4 fully saturated rings. The van der Waals surface area contributed by atoms with Crippen LogP contribution >= 0.6 is 0 Å². The Labute approximate surface area is 149 Å². The molecule has 5 aliphatic rings. The number of piperidine rings is 1. The van der Waals surface area contributed by atoms with E-state index in [9.17, 15) is 14.7 Å². The molecule has 1 spiro atoms. The summed E-state index contributed by atoms with van der Waals surface area (Å²) in [5.74, 6) is 1.54. The number of Topliss-reactive ketones (excluding diaryl/α,β-unsaturated/α-hetero) is 2. The summed E-state index contributed by atoms with van der Waals surface area (Å²) in [6, 6.07) is 0.450. The summed E-state index contributed by atoms with van der Waals surface area (Å²) < 4.78 is 0. The van der Waals surface area contributed by atoms with Gasteiger partial charge in [0, 0.05) is 49.1 Å². The van der Waals surface area contributed by atoms with Gasteiger partial charge in [0.2, 0.25) is 0 Å². The van der Waals surface area contributed by atoms with Crippen molar-refractivity contribution in [3.8, 4) is 0 Å². The van der Waals surface area contributed by atoms with E-state index in [1.54, 1.807) is 0 Å². The Morgan fingerprint density at radius 3 is 2.80 bits per heavy atom. The van der Waals surface area contributed by atoms with Gasteiger partial charge in [0.15, 0.2) is 5.78 Å². The summed E-state index contributed by atoms with van der Waals surface area (Å²) in [7, 11) is 0. The van der Waals surface area contributed by atoms with Crippen molar-refractivity contribution in [3.63, 3.8) is 0 Å². The number of hydrogen-bond acceptors (Lipinski definition) is 4. The maximum atomic E-state index is 13.9. The first-order valence-electron chi connectivity index (χ1n) is 10.1. The van der Waals surface area contributed by atoms with Gasteiger partial charge in [-0.3, -0.25) is 14.5 Å². The number of ketones is 2. The topological polar surface area (TPSA) is 57.6 Å². The number of nitrogens with zero attached hydrogens (tertiary/aromatic N) is 1. The molecule has 1 N–H and O–H groups in total. The van der Waals surface area contributed by atoms with Gasteiger partial charge < -0.3 is 5.11 Å². The number of hydrogen-bond donors (Lipinski definition) is 1. The van der Waals surface area contributed by atoms with Crippen molar-refractivity contribution in [2.75, 3.05) is 19.7 Å². The number of allylic oxidation sites excluding steroid dienone is 1. The number of carbonyl (C=O) groups excluding carboxylic acids is 2. The first-order chi connectivity index (χ1) is 11.9. The van der Waals surface area contributed by atoms with Crippen LogP contribution in [0.4, 0.5) is 0 Å². The smallest absolute Gasteiger partial charge is 0.159 e. The van der Waals surface area contributed by atoms with Gasteiger partial charge in [-0.05, 0) is 43.9 Å². The lowest BCUT2D eigenvalue weighted by Crippen LogP contribution is -2.65. The van der Waals surface area contributed by atoms with E-state index in [2.05, 4.69) is 18.7 Å². The Hall–Kier alpha value is -1.00. The number of aliphatic hydroxyl groups excluding tert-OH is 1. The molecule has 136 valence electrons. The van der Waals surface area contributed by atoms with E-state index in [4.69, 9.17) is 0 Å². The van der Waals surface area contributed by atoms with Crippen molar-refractivity contribution in [2.24, 2.45) is 28.6 Å². The maximum Gasteiger partial charge on any atom is 0.159 e. The second-order valence-corrected chi connectivity index (χ2v) is 9.45. The summed E-state index contributed by atoms with van der Waals surface area (Å²) >= 11 is 0. The van der Waals surface area contributed by atoms with Gasteiger partial charge in [0.05, 0.1) is 5.41 Å². The SMILES string of the molecule is C[C@@H]1CN2C[C@H]3CCC(=O)C4=C(CCO)CC[C@@]45C(=O)[C@@H]1C[C@@H]2[C@@]35C. The van der Waals surface area contributed by atoms with Crippen LogP contribution in [0.25, 0.3) is 0 Å². The summed E-state index contributed by atoms with van der Waals surface area (Å²) in [5, 5.41) is 9.52. The fraction of sp³-hybridized carbons (Fsp3) is 0.810. The predicted octanol–water partition coefficient (Wildman–Crippen LogP) is 2.35. The molecule has 2 saturated carbocycles. The van der Waals surface area contributed by atoms with Crippen molar-refractivity contribution in [1.29, 1.82) is 0 Å². The molecule has 4 nitrogen and oxygen atoms in total. The van der Waals surface area contributed by atoms with Crippen LogP contribution in [0.3, 0.4) is 0 Å². The Balaban J connectivity index is 1.78. The second-order valence-electron chi connectivity index (χ2n) is 9.45. The van der Waals surface area contributed by atoms with Crippen molar-refractivity contribution in [2.45, 2.75) is 58.4 Å². The Kier molecular flexibility index (Phi) is 3.26. The largest absolute Gasteiger partial charge is 0.396 e. The average molecular weight is 343 g/mol. The fourth-order valence-corrected chi connectivity index (χ4v) is 7.71. The highest BCUT2D eigenvalue weighted by Crippen LogP contribution is 2.70. The number of fused-ring (bicyclic) bond motifs is 1. The van der Waals surface area contributed by atoms with E-state index in [0.29, 0.717) is 36.5 Å². The maximum absolute atomic E-state index is 13.9. The molecule has 2 bridgehead atoms. The van der Waals surface area contributed by atoms with Crippen LogP contribution in [0.2, 0.25) is 0 Å². The van der Waals surface area contributed by atoms with Crippen LogP contribution < -0.4 is 0 Å². The Morgan fingerprint density at radius 2 is 2.04 bits per heavy atom. The fourth-order valence-electron chi connectivity index (χ4n) is 7.71. The molecule has 2 aliphatic heterocycles. The van der Waals surface area contributed by atoms with E-state index in [0.717, 1.165) is 49.9 Å². The van der Waals surface area contributed by atoms with Crippen LogP contribution in [0, 0.1) is 28.6 Å². The first kappa shape index (κ1) is 16.2. The molecule has 0 aromatic carbocycles. The number of aliphatic hydroxyl groups is 1. The molecule has 3 aliphatic carbocycles. The lowest BCUT2D eigenvalue weighted by Gasteiger charge is -2.59. The summed E-state index contributed by atoms with van der Waals surface area (Å²) in [5.41, 5.74) is 1.29. The minimum atomic E-state index is -0.563. The molecule has 0 amide bonds. The number of rotatable bonds is 2. The normalized spacial score (nSPS) is 48.8. The van der Waals surface area contributed by atoms with Gasteiger partial charge in [-0.15, -0.1) is 0 Å². The van der Waals surface area contributed by atoms with E-state index >= 15 is 0 Å². The van der Waals surface area contributed by atoms with E-state index in [-0.39, 0.29) is 23.7 Å². The van der Waals surface area contributed by atoms with Crippen LogP contribution in [-0.2, 0) is 9.59 Å². The first-order valence-corrected chi connectivity index (χ1v) is 10.1.